The Bertz CT molecular complexity index is 481. The van der Waals surface area contributed by atoms with Gasteiger partial charge in [0.05, 0.1) is 0 Å². The molecule has 0 aliphatic heterocycles. The molecule has 0 radical (unpaired) electrons. The molecular weight excluding hydrogens is 235 g/mol. The van der Waals surface area contributed by atoms with Crippen LogP contribution in [-0.4, -0.2) is 15.0 Å². The molecule has 0 amide bonds. The van der Waals surface area contributed by atoms with Crippen molar-refractivity contribution in [2.75, 3.05) is 5.73 Å². The lowest BCUT2D eigenvalue weighted by atomic mass is 10.2. The molecule has 6 heteroatoms. The van der Waals surface area contributed by atoms with Gasteiger partial charge in [0.15, 0.2) is 5.82 Å². The van der Waals surface area contributed by atoms with Gasteiger partial charge < -0.3 is 5.73 Å². The molecule has 1 heterocycles. The molecule has 0 aliphatic rings. The summed E-state index contributed by atoms with van der Waals surface area (Å²) in [6.07, 6.45) is 1.34. The molecular formula is C9H6Cl2N4. The molecule has 76 valence electrons. The van der Waals surface area contributed by atoms with E-state index in [-0.39, 0.29) is 5.95 Å². The van der Waals surface area contributed by atoms with Crippen molar-refractivity contribution in [1.29, 1.82) is 0 Å². The highest BCUT2D eigenvalue weighted by Gasteiger charge is 2.04. The van der Waals surface area contributed by atoms with Gasteiger partial charge in [-0.15, -0.1) is 0 Å². The molecule has 1 aromatic carbocycles. The standard InChI is InChI=1S/C9H6Cl2N4/c10-6-1-5(2-7(11)3-6)8-13-4-14-9(12)15-8/h1-4H,(H2,12,13,14,15). The topological polar surface area (TPSA) is 64.7 Å². The van der Waals surface area contributed by atoms with Gasteiger partial charge in [-0.25, -0.2) is 9.97 Å². The summed E-state index contributed by atoms with van der Waals surface area (Å²) in [5.74, 6) is 0.614. The van der Waals surface area contributed by atoms with Crippen LogP contribution in [0.4, 0.5) is 5.95 Å². The molecule has 0 unspecified atom stereocenters. The zero-order valence-electron chi connectivity index (χ0n) is 7.48. The van der Waals surface area contributed by atoms with Crippen molar-refractivity contribution >= 4 is 29.2 Å². The highest BCUT2D eigenvalue weighted by atomic mass is 35.5. The minimum Gasteiger partial charge on any atom is -0.368 e. The first-order valence-corrected chi connectivity index (χ1v) is 4.82. The summed E-state index contributed by atoms with van der Waals surface area (Å²) in [7, 11) is 0. The Morgan fingerprint density at radius 1 is 1.00 bits per heavy atom. The van der Waals surface area contributed by atoms with Gasteiger partial charge in [0.1, 0.15) is 6.33 Å². The van der Waals surface area contributed by atoms with Crippen LogP contribution in [0, 0.1) is 0 Å². The monoisotopic (exact) mass is 240 g/mol. The van der Waals surface area contributed by atoms with E-state index in [1.54, 1.807) is 18.2 Å². The van der Waals surface area contributed by atoms with Gasteiger partial charge in [0.2, 0.25) is 5.95 Å². The minimum absolute atomic E-state index is 0.163. The van der Waals surface area contributed by atoms with Crippen LogP contribution in [0.1, 0.15) is 0 Å². The fourth-order valence-electron chi connectivity index (χ4n) is 1.13. The highest BCUT2D eigenvalue weighted by molar-refractivity contribution is 6.35. The predicted octanol–water partition coefficient (Wildman–Crippen LogP) is 2.43. The van der Waals surface area contributed by atoms with Crippen LogP contribution in [0.2, 0.25) is 10.0 Å². The highest BCUT2D eigenvalue weighted by Crippen LogP contribution is 2.24. The molecule has 0 aliphatic carbocycles. The lowest BCUT2D eigenvalue weighted by molar-refractivity contribution is 1.07. The van der Waals surface area contributed by atoms with Gasteiger partial charge in [-0.1, -0.05) is 23.2 Å². The Labute approximate surface area is 96.1 Å². The van der Waals surface area contributed by atoms with Crippen molar-refractivity contribution in [2.24, 2.45) is 0 Å². The first kappa shape index (κ1) is 10.1. The lowest BCUT2D eigenvalue weighted by Gasteiger charge is -2.01. The van der Waals surface area contributed by atoms with Gasteiger partial charge in [-0.2, -0.15) is 4.98 Å². The molecule has 0 bridgehead atoms. The molecule has 0 fully saturated rings. The van der Waals surface area contributed by atoms with E-state index in [0.29, 0.717) is 21.4 Å². The summed E-state index contributed by atoms with van der Waals surface area (Å²) in [5, 5.41) is 1.05. The summed E-state index contributed by atoms with van der Waals surface area (Å²) in [6.45, 7) is 0. The Morgan fingerprint density at radius 3 is 2.27 bits per heavy atom. The molecule has 0 saturated carbocycles. The SMILES string of the molecule is Nc1ncnc(-c2cc(Cl)cc(Cl)c2)n1. The van der Waals surface area contributed by atoms with Crippen LogP contribution in [0.3, 0.4) is 0 Å². The van der Waals surface area contributed by atoms with E-state index in [0.717, 1.165) is 0 Å². The van der Waals surface area contributed by atoms with E-state index in [4.69, 9.17) is 28.9 Å². The van der Waals surface area contributed by atoms with Crippen molar-refractivity contribution in [3.63, 3.8) is 0 Å². The third-order valence-electron chi connectivity index (χ3n) is 1.71. The average molecular weight is 241 g/mol. The number of nitrogens with two attached hydrogens (primary N) is 1. The maximum Gasteiger partial charge on any atom is 0.223 e. The summed E-state index contributed by atoms with van der Waals surface area (Å²) in [6, 6.07) is 5.06. The van der Waals surface area contributed by atoms with Crippen molar-refractivity contribution in [2.45, 2.75) is 0 Å². The van der Waals surface area contributed by atoms with E-state index in [1.807, 2.05) is 0 Å². The number of hydrogen-bond donors (Lipinski definition) is 1. The molecule has 0 saturated heterocycles. The summed E-state index contributed by atoms with van der Waals surface area (Å²) < 4.78 is 0. The number of aromatic nitrogens is 3. The van der Waals surface area contributed by atoms with Gasteiger partial charge in [-0.3, -0.25) is 0 Å². The van der Waals surface area contributed by atoms with Crippen molar-refractivity contribution in [3.8, 4) is 11.4 Å². The smallest absolute Gasteiger partial charge is 0.223 e. The molecule has 0 atom stereocenters. The second-order valence-corrected chi connectivity index (χ2v) is 3.70. The third kappa shape index (κ3) is 2.34. The molecule has 1 aromatic heterocycles. The Morgan fingerprint density at radius 2 is 1.67 bits per heavy atom. The normalized spacial score (nSPS) is 10.3. The number of rotatable bonds is 1. The van der Waals surface area contributed by atoms with Crippen LogP contribution in [0.15, 0.2) is 24.5 Å². The first-order valence-electron chi connectivity index (χ1n) is 4.06. The Hall–Kier alpha value is -1.39. The largest absolute Gasteiger partial charge is 0.368 e. The zero-order chi connectivity index (χ0) is 10.8. The maximum absolute atomic E-state index is 5.85. The van der Waals surface area contributed by atoms with Crippen molar-refractivity contribution < 1.29 is 0 Å². The average Bonchev–Trinajstić information content (AvgIpc) is 2.16. The Kier molecular flexibility index (Phi) is 2.70. The van der Waals surface area contributed by atoms with E-state index < -0.39 is 0 Å². The number of halogens is 2. The quantitative estimate of drug-likeness (QED) is 0.832. The van der Waals surface area contributed by atoms with Crippen LogP contribution < -0.4 is 5.73 Å². The lowest BCUT2D eigenvalue weighted by Crippen LogP contribution is -1.97. The second-order valence-electron chi connectivity index (χ2n) is 2.83. The van der Waals surface area contributed by atoms with Crippen LogP contribution in [-0.2, 0) is 0 Å². The molecule has 2 rings (SSSR count). The zero-order valence-corrected chi connectivity index (χ0v) is 9.00. The van der Waals surface area contributed by atoms with E-state index in [2.05, 4.69) is 15.0 Å². The van der Waals surface area contributed by atoms with Crippen molar-refractivity contribution in [3.05, 3.63) is 34.6 Å². The van der Waals surface area contributed by atoms with E-state index >= 15 is 0 Å². The summed E-state index contributed by atoms with van der Waals surface area (Å²) in [4.78, 5) is 11.6. The molecule has 2 aromatic rings. The fourth-order valence-corrected chi connectivity index (χ4v) is 1.66. The molecule has 15 heavy (non-hydrogen) atoms. The van der Waals surface area contributed by atoms with Gasteiger partial charge in [0, 0.05) is 15.6 Å². The first-order chi connectivity index (χ1) is 7.15. The number of hydrogen-bond acceptors (Lipinski definition) is 4. The van der Waals surface area contributed by atoms with Gasteiger partial charge in [0.25, 0.3) is 0 Å². The molecule has 0 spiro atoms. The maximum atomic E-state index is 5.85. The van der Waals surface area contributed by atoms with Crippen LogP contribution in [0.5, 0.6) is 0 Å². The van der Waals surface area contributed by atoms with Crippen LogP contribution in [0.25, 0.3) is 11.4 Å². The fraction of sp³-hybridized carbons (Fsp3) is 0. The summed E-state index contributed by atoms with van der Waals surface area (Å²) in [5.41, 5.74) is 6.15. The second kappa shape index (κ2) is 4.00. The van der Waals surface area contributed by atoms with Gasteiger partial charge >= 0.3 is 0 Å². The Balaban J connectivity index is 2.54. The molecule has 2 N–H and O–H groups in total. The number of nitrogen functional groups attached to an aromatic ring is 1. The van der Waals surface area contributed by atoms with Crippen molar-refractivity contribution in [1.82, 2.24) is 15.0 Å². The number of benzene rings is 1. The van der Waals surface area contributed by atoms with Crippen LogP contribution >= 0.6 is 23.2 Å². The van der Waals surface area contributed by atoms with Gasteiger partial charge in [-0.05, 0) is 18.2 Å². The number of anilines is 1. The predicted molar refractivity (Wildman–Crippen MR) is 59.7 cm³/mol. The molecule has 4 nitrogen and oxygen atoms in total. The number of nitrogens with zero attached hydrogens (tertiary/aromatic N) is 3. The third-order valence-corrected chi connectivity index (χ3v) is 2.15. The van der Waals surface area contributed by atoms with E-state index in [1.165, 1.54) is 6.33 Å². The minimum atomic E-state index is 0.163. The summed E-state index contributed by atoms with van der Waals surface area (Å²) >= 11 is 11.7. The van der Waals surface area contributed by atoms with E-state index in [9.17, 15) is 0 Å².